The molecule has 0 aliphatic carbocycles. The molecule has 0 aliphatic heterocycles. The fourth-order valence-electron chi connectivity index (χ4n) is 3.00. The van der Waals surface area contributed by atoms with E-state index in [1.165, 1.54) is 21.4 Å². The maximum absolute atomic E-state index is 12.3. The molecular weight excluding hydrogens is 316 g/mol. The lowest BCUT2D eigenvalue weighted by molar-refractivity contribution is -0.117. The number of benzene rings is 2. The summed E-state index contributed by atoms with van der Waals surface area (Å²) >= 11 is 1.57. The third-order valence-corrected chi connectivity index (χ3v) is 5.32. The van der Waals surface area contributed by atoms with E-state index in [9.17, 15) is 4.79 Å². The number of thiazole rings is 1. The van der Waals surface area contributed by atoms with Crippen LogP contribution in [0.4, 0.5) is 0 Å². The van der Waals surface area contributed by atoms with Crippen LogP contribution in [0.2, 0.25) is 0 Å². The van der Waals surface area contributed by atoms with E-state index in [0.29, 0.717) is 6.42 Å². The molecule has 124 valence electrons. The van der Waals surface area contributed by atoms with Gasteiger partial charge in [-0.2, -0.15) is 4.99 Å². The van der Waals surface area contributed by atoms with E-state index in [1.807, 2.05) is 23.7 Å². The van der Waals surface area contributed by atoms with Gasteiger partial charge in [0.15, 0.2) is 4.80 Å². The van der Waals surface area contributed by atoms with Gasteiger partial charge in [-0.25, -0.2) is 0 Å². The predicted molar refractivity (Wildman–Crippen MR) is 100 cm³/mol. The summed E-state index contributed by atoms with van der Waals surface area (Å²) in [5.41, 5.74) is 5.90. The molecule has 4 heteroatoms. The lowest BCUT2D eigenvalue weighted by Crippen LogP contribution is -2.14. The van der Waals surface area contributed by atoms with Crippen molar-refractivity contribution < 1.29 is 4.79 Å². The Bertz CT molecular complexity index is 962. The molecule has 1 aromatic heterocycles. The van der Waals surface area contributed by atoms with Gasteiger partial charge in [-0.15, -0.1) is 0 Å². The third kappa shape index (κ3) is 3.34. The molecular formula is C20H22N2OS. The molecule has 0 fully saturated rings. The molecule has 0 atom stereocenters. The zero-order chi connectivity index (χ0) is 17.3. The maximum atomic E-state index is 12.3. The molecule has 2 aromatic carbocycles. The van der Waals surface area contributed by atoms with E-state index >= 15 is 0 Å². The molecule has 0 bridgehead atoms. The highest BCUT2D eigenvalue weighted by atomic mass is 32.1. The Morgan fingerprint density at radius 3 is 2.46 bits per heavy atom. The van der Waals surface area contributed by atoms with Crippen LogP contribution in [0.15, 0.2) is 41.4 Å². The van der Waals surface area contributed by atoms with Crippen LogP contribution in [0.3, 0.4) is 0 Å². The average Bonchev–Trinajstić information content (AvgIpc) is 2.83. The van der Waals surface area contributed by atoms with Crippen molar-refractivity contribution >= 4 is 27.5 Å². The lowest BCUT2D eigenvalue weighted by Gasteiger charge is -2.02. The van der Waals surface area contributed by atoms with Crippen LogP contribution in [-0.2, 0) is 24.7 Å². The maximum Gasteiger partial charge on any atom is 0.252 e. The first-order chi connectivity index (χ1) is 11.5. The topological polar surface area (TPSA) is 34.4 Å². The first-order valence-corrected chi connectivity index (χ1v) is 9.01. The predicted octanol–water partition coefficient (Wildman–Crippen LogP) is 4.09. The van der Waals surface area contributed by atoms with Crippen molar-refractivity contribution in [2.24, 2.45) is 12.0 Å². The van der Waals surface area contributed by atoms with Gasteiger partial charge < -0.3 is 4.57 Å². The fourth-order valence-corrected chi connectivity index (χ4v) is 4.21. The Balaban J connectivity index is 1.92. The first kappa shape index (κ1) is 16.7. The van der Waals surface area contributed by atoms with Gasteiger partial charge in [0.1, 0.15) is 0 Å². The van der Waals surface area contributed by atoms with Gasteiger partial charge in [-0.3, -0.25) is 4.79 Å². The van der Waals surface area contributed by atoms with Crippen molar-refractivity contribution in [2.75, 3.05) is 0 Å². The number of amides is 1. The molecule has 0 aliphatic rings. The number of fused-ring (bicyclic) bond motifs is 1. The molecule has 0 N–H and O–H groups in total. The fraction of sp³-hybridized carbons (Fsp3) is 0.300. The van der Waals surface area contributed by atoms with Crippen LogP contribution in [0.1, 0.15) is 29.2 Å². The second kappa shape index (κ2) is 6.73. The minimum Gasteiger partial charge on any atom is -0.319 e. The van der Waals surface area contributed by atoms with E-state index < -0.39 is 0 Å². The Kier molecular flexibility index (Phi) is 4.67. The van der Waals surface area contributed by atoms with Crippen LogP contribution in [0.5, 0.6) is 0 Å². The van der Waals surface area contributed by atoms with E-state index in [1.54, 1.807) is 11.3 Å². The summed E-state index contributed by atoms with van der Waals surface area (Å²) in [5.74, 6) is -0.101. The van der Waals surface area contributed by atoms with Gasteiger partial charge in [-0.1, -0.05) is 48.6 Å². The quantitative estimate of drug-likeness (QED) is 0.708. The number of hydrogen-bond donors (Lipinski definition) is 0. The van der Waals surface area contributed by atoms with E-state index in [2.05, 4.69) is 50.0 Å². The summed E-state index contributed by atoms with van der Waals surface area (Å²) in [6.07, 6.45) is 1.35. The molecule has 1 amide bonds. The zero-order valence-electron chi connectivity index (χ0n) is 14.6. The van der Waals surface area contributed by atoms with Gasteiger partial charge in [-0.05, 0) is 48.6 Å². The summed E-state index contributed by atoms with van der Waals surface area (Å²) in [6.45, 7) is 6.32. The largest absolute Gasteiger partial charge is 0.319 e. The van der Waals surface area contributed by atoms with Crippen molar-refractivity contribution in [3.63, 3.8) is 0 Å². The van der Waals surface area contributed by atoms with Gasteiger partial charge in [0.25, 0.3) is 5.91 Å². The van der Waals surface area contributed by atoms with Crippen LogP contribution in [0.25, 0.3) is 10.2 Å². The number of nitrogens with zero attached hydrogens (tertiary/aromatic N) is 2. The smallest absolute Gasteiger partial charge is 0.252 e. The number of hydrogen-bond acceptors (Lipinski definition) is 2. The van der Waals surface area contributed by atoms with Crippen LogP contribution >= 0.6 is 11.3 Å². The molecule has 1 heterocycles. The van der Waals surface area contributed by atoms with Crippen molar-refractivity contribution in [3.8, 4) is 0 Å². The molecule has 0 radical (unpaired) electrons. The van der Waals surface area contributed by atoms with E-state index in [0.717, 1.165) is 22.3 Å². The Morgan fingerprint density at radius 1 is 1.12 bits per heavy atom. The highest BCUT2D eigenvalue weighted by Crippen LogP contribution is 2.22. The Morgan fingerprint density at radius 2 is 1.79 bits per heavy atom. The normalized spacial score (nSPS) is 12.1. The second-order valence-corrected chi connectivity index (χ2v) is 7.23. The van der Waals surface area contributed by atoms with Crippen molar-refractivity contribution in [1.29, 1.82) is 0 Å². The Labute approximate surface area is 146 Å². The minimum absolute atomic E-state index is 0.101. The molecule has 0 saturated carbocycles. The standard InChI is InChI=1S/C20H22N2OS/c1-5-15-6-8-16(9-7-15)12-18(23)21-20-22(4)19-14(3)10-13(2)11-17(19)24-20/h6-11H,5,12H2,1-4H3. The minimum atomic E-state index is -0.101. The SMILES string of the molecule is CCc1ccc(CC(=O)N=c2sc3cc(C)cc(C)c3n2C)cc1. The summed E-state index contributed by atoms with van der Waals surface area (Å²) in [4.78, 5) is 17.4. The first-order valence-electron chi connectivity index (χ1n) is 8.20. The van der Waals surface area contributed by atoms with Gasteiger partial charge in [0.05, 0.1) is 16.6 Å². The molecule has 3 aromatic rings. The van der Waals surface area contributed by atoms with Crippen LogP contribution in [0, 0.1) is 13.8 Å². The number of carbonyl (C=O) groups is 1. The molecule has 0 spiro atoms. The van der Waals surface area contributed by atoms with Crippen molar-refractivity contribution in [1.82, 2.24) is 4.57 Å². The molecule has 3 rings (SSSR count). The lowest BCUT2D eigenvalue weighted by atomic mass is 10.1. The van der Waals surface area contributed by atoms with Crippen LogP contribution in [-0.4, -0.2) is 10.5 Å². The summed E-state index contributed by atoms with van der Waals surface area (Å²) in [7, 11) is 1.98. The van der Waals surface area contributed by atoms with Gasteiger partial charge >= 0.3 is 0 Å². The number of aromatic nitrogens is 1. The van der Waals surface area contributed by atoms with Crippen molar-refractivity contribution in [3.05, 3.63) is 63.5 Å². The zero-order valence-corrected chi connectivity index (χ0v) is 15.4. The Hall–Kier alpha value is -2.20. The summed E-state index contributed by atoms with van der Waals surface area (Å²) in [6, 6.07) is 12.5. The second-order valence-electron chi connectivity index (χ2n) is 6.22. The molecule has 0 saturated heterocycles. The van der Waals surface area contributed by atoms with E-state index in [4.69, 9.17) is 0 Å². The highest BCUT2D eigenvalue weighted by Gasteiger charge is 2.08. The van der Waals surface area contributed by atoms with Gasteiger partial charge in [0.2, 0.25) is 0 Å². The van der Waals surface area contributed by atoms with Crippen molar-refractivity contribution in [2.45, 2.75) is 33.6 Å². The highest BCUT2D eigenvalue weighted by molar-refractivity contribution is 7.16. The summed E-state index contributed by atoms with van der Waals surface area (Å²) < 4.78 is 3.20. The monoisotopic (exact) mass is 338 g/mol. The number of aryl methyl sites for hydroxylation is 4. The number of carbonyl (C=O) groups excluding carboxylic acids is 1. The molecule has 3 nitrogen and oxygen atoms in total. The third-order valence-electron chi connectivity index (χ3n) is 4.24. The average molecular weight is 338 g/mol. The number of rotatable bonds is 3. The van der Waals surface area contributed by atoms with Crippen LogP contribution < -0.4 is 4.80 Å². The molecule has 24 heavy (non-hydrogen) atoms. The van der Waals surface area contributed by atoms with Gasteiger partial charge in [0, 0.05) is 7.05 Å². The summed E-state index contributed by atoms with van der Waals surface area (Å²) in [5, 5.41) is 0. The molecule has 0 unspecified atom stereocenters. The van der Waals surface area contributed by atoms with E-state index in [-0.39, 0.29) is 5.91 Å².